The highest BCUT2D eigenvalue weighted by Crippen LogP contribution is 2.18. The second-order valence-electron chi connectivity index (χ2n) is 5.62. The minimum Gasteiger partial charge on any atom is -0.493 e. The molecule has 1 saturated heterocycles. The molecule has 0 spiro atoms. The van der Waals surface area contributed by atoms with Gasteiger partial charge in [-0.25, -0.2) is 0 Å². The van der Waals surface area contributed by atoms with Crippen LogP contribution in [0, 0.1) is 9.49 Å². The maximum atomic E-state index is 5.87. The third-order valence-electron chi connectivity index (χ3n) is 3.89. The van der Waals surface area contributed by atoms with Crippen molar-refractivity contribution in [1.29, 1.82) is 0 Å². The second kappa shape index (κ2) is 7.27. The number of rotatable bonds is 5. The van der Waals surface area contributed by atoms with Gasteiger partial charge in [0.25, 0.3) is 0 Å². The van der Waals surface area contributed by atoms with Crippen molar-refractivity contribution in [2.75, 3.05) is 19.7 Å². The molecule has 2 aromatic carbocycles. The fourth-order valence-electron chi connectivity index (χ4n) is 2.61. The van der Waals surface area contributed by atoms with Crippen LogP contribution in [-0.4, -0.2) is 19.7 Å². The SMILES string of the molecule is Ic1ccc(Cc2ccc(OC[C@H]3CCNC3)cc2)cc1. The highest BCUT2D eigenvalue weighted by Gasteiger charge is 2.14. The first-order valence-corrected chi connectivity index (χ1v) is 8.54. The van der Waals surface area contributed by atoms with Gasteiger partial charge in [-0.2, -0.15) is 0 Å². The van der Waals surface area contributed by atoms with Crippen LogP contribution in [0.5, 0.6) is 5.75 Å². The van der Waals surface area contributed by atoms with Crippen LogP contribution in [0.15, 0.2) is 48.5 Å². The van der Waals surface area contributed by atoms with E-state index in [2.05, 4.69) is 76.4 Å². The number of benzene rings is 2. The lowest BCUT2D eigenvalue weighted by Gasteiger charge is -2.11. The summed E-state index contributed by atoms with van der Waals surface area (Å²) in [6.07, 6.45) is 2.20. The van der Waals surface area contributed by atoms with E-state index in [1.54, 1.807) is 0 Å². The van der Waals surface area contributed by atoms with Gasteiger partial charge in [-0.05, 0) is 77.4 Å². The number of ether oxygens (including phenoxy) is 1. The zero-order chi connectivity index (χ0) is 14.5. The Morgan fingerprint density at radius 3 is 2.29 bits per heavy atom. The molecule has 0 unspecified atom stereocenters. The van der Waals surface area contributed by atoms with Crippen molar-refractivity contribution in [3.63, 3.8) is 0 Å². The lowest BCUT2D eigenvalue weighted by atomic mass is 10.1. The Morgan fingerprint density at radius 2 is 1.67 bits per heavy atom. The summed E-state index contributed by atoms with van der Waals surface area (Å²) in [7, 11) is 0. The van der Waals surface area contributed by atoms with Gasteiger partial charge in [-0.3, -0.25) is 0 Å². The lowest BCUT2D eigenvalue weighted by molar-refractivity contribution is 0.260. The van der Waals surface area contributed by atoms with E-state index in [1.165, 1.54) is 21.1 Å². The topological polar surface area (TPSA) is 21.3 Å². The van der Waals surface area contributed by atoms with E-state index in [0.29, 0.717) is 5.92 Å². The van der Waals surface area contributed by atoms with Crippen LogP contribution in [0.2, 0.25) is 0 Å². The van der Waals surface area contributed by atoms with Gasteiger partial charge in [0.15, 0.2) is 0 Å². The van der Waals surface area contributed by atoms with Crippen molar-refractivity contribution in [3.8, 4) is 5.75 Å². The molecule has 0 amide bonds. The van der Waals surface area contributed by atoms with Gasteiger partial charge < -0.3 is 10.1 Å². The zero-order valence-corrected chi connectivity index (χ0v) is 14.2. The lowest BCUT2D eigenvalue weighted by Crippen LogP contribution is -2.15. The predicted octanol–water partition coefficient (Wildman–Crippen LogP) is 3.87. The maximum absolute atomic E-state index is 5.87. The molecule has 3 heteroatoms. The molecule has 1 fully saturated rings. The van der Waals surface area contributed by atoms with Crippen molar-refractivity contribution >= 4 is 22.6 Å². The fourth-order valence-corrected chi connectivity index (χ4v) is 2.97. The molecule has 1 atom stereocenters. The first kappa shape index (κ1) is 14.9. The average molecular weight is 393 g/mol. The quantitative estimate of drug-likeness (QED) is 0.779. The molecule has 0 bridgehead atoms. The third kappa shape index (κ3) is 4.45. The highest BCUT2D eigenvalue weighted by molar-refractivity contribution is 14.1. The molecule has 0 radical (unpaired) electrons. The van der Waals surface area contributed by atoms with E-state index < -0.39 is 0 Å². The summed E-state index contributed by atoms with van der Waals surface area (Å²) in [5, 5.41) is 3.37. The van der Waals surface area contributed by atoms with Gasteiger partial charge in [-0.1, -0.05) is 24.3 Å². The number of hydrogen-bond donors (Lipinski definition) is 1. The third-order valence-corrected chi connectivity index (χ3v) is 4.61. The van der Waals surface area contributed by atoms with Crippen LogP contribution in [-0.2, 0) is 6.42 Å². The monoisotopic (exact) mass is 393 g/mol. The Labute approximate surface area is 140 Å². The minimum atomic E-state index is 0.663. The molecule has 1 aliphatic rings. The second-order valence-corrected chi connectivity index (χ2v) is 6.86. The highest BCUT2D eigenvalue weighted by atomic mass is 127. The largest absolute Gasteiger partial charge is 0.493 e. The van der Waals surface area contributed by atoms with Crippen molar-refractivity contribution in [3.05, 3.63) is 63.2 Å². The normalized spacial score (nSPS) is 17.9. The van der Waals surface area contributed by atoms with E-state index >= 15 is 0 Å². The molecule has 1 heterocycles. The standard InChI is InChI=1S/C18H20INO/c19-17-5-1-14(2-6-17)11-15-3-7-18(8-4-15)21-13-16-9-10-20-12-16/h1-8,16,20H,9-13H2/t16-/m0/s1. The van der Waals surface area contributed by atoms with E-state index in [-0.39, 0.29) is 0 Å². The first-order valence-electron chi connectivity index (χ1n) is 7.46. The van der Waals surface area contributed by atoms with Gasteiger partial charge in [0.1, 0.15) is 5.75 Å². The Kier molecular flexibility index (Phi) is 5.14. The smallest absolute Gasteiger partial charge is 0.119 e. The van der Waals surface area contributed by atoms with Crippen molar-refractivity contribution in [1.82, 2.24) is 5.32 Å². The first-order chi connectivity index (χ1) is 10.3. The minimum absolute atomic E-state index is 0.663. The van der Waals surface area contributed by atoms with Crippen LogP contribution < -0.4 is 10.1 Å². The van der Waals surface area contributed by atoms with Gasteiger partial charge >= 0.3 is 0 Å². The van der Waals surface area contributed by atoms with Crippen LogP contribution in [0.1, 0.15) is 17.5 Å². The predicted molar refractivity (Wildman–Crippen MR) is 94.9 cm³/mol. The van der Waals surface area contributed by atoms with E-state index in [1.807, 2.05) is 0 Å². The fraction of sp³-hybridized carbons (Fsp3) is 0.333. The summed E-state index contributed by atoms with van der Waals surface area (Å²) >= 11 is 2.34. The maximum Gasteiger partial charge on any atom is 0.119 e. The van der Waals surface area contributed by atoms with Gasteiger partial charge in [0, 0.05) is 16.0 Å². The zero-order valence-electron chi connectivity index (χ0n) is 12.0. The van der Waals surface area contributed by atoms with E-state index in [9.17, 15) is 0 Å². The van der Waals surface area contributed by atoms with Crippen molar-refractivity contribution < 1.29 is 4.74 Å². The Bertz CT molecular complexity index is 559. The summed E-state index contributed by atoms with van der Waals surface area (Å²) in [5.74, 6) is 1.64. The molecule has 0 aliphatic carbocycles. The van der Waals surface area contributed by atoms with Gasteiger partial charge in [0.05, 0.1) is 6.61 Å². The van der Waals surface area contributed by atoms with Crippen molar-refractivity contribution in [2.45, 2.75) is 12.8 Å². The molecule has 3 rings (SSSR count). The molecule has 21 heavy (non-hydrogen) atoms. The molecule has 2 aromatic rings. The summed E-state index contributed by atoms with van der Waals surface area (Å²) in [4.78, 5) is 0. The van der Waals surface area contributed by atoms with Crippen molar-refractivity contribution in [2.24, 2.45) is 5.92 Å². The average Bonchev–Trinajstić information content (AvgIpc) is 3.02. The van der Waals surface area contributed by atoms with Gasteiger partial charge in [-0.15, -0.1) is 0 Å². The molecule has 2 nitrogen and oxygen atoms in total. The Hall–Kier alpha value is -1.07. The summed E-state index contributed by atoms with van der Waals surface area (Å²) < 4.78 is 7.15. The Morgan fingerprint density at radius 1 is 1.00 bits per heavy atom. The van der Waals surface area contributed by atoms with E-state index in [0.717, 1.165) is 31.9 Å². The summed E-state index contributed by atoms with van der Waals surface area (Å²) in [6, 6.07) is 17.2. The number of hydrogen-bond acceptors (Lipinski definition) is 2. The van der Waals surface area contributed by atoms with Crippen LogP contribution in [0.25, 0.3) is 0 Å². The molecule has 1 N–H and O–H groups in total. The van der Waals surface area contributed by atoms with Crippen LogP contribution >= 0.6 is 22.6 Å². The number of nitrogens with one attached hydrogen (secondary N) is 1. The van der Waals surface area contributed by atoms with Crippen LogP contribution in [0.3, 0.4) is 0 Å². The molecule has 110 valence electrons. The van der Waals surface area contributed by atoms with Gasteiger partial charge in [0.2, 0.25) is 0 Å². The molecule has 0 saturated carbocycles. The molecular formula is C18H20INO. The molecule has 0 aromatic heterocycles. The Balaban J connectivity index is 1.54. The summed E-state index contributed by atoms with van der Waals surface area (Å²) in [5.41, 5.74) is 2.67. The van der Waals surface area contributed by atoms with E-state index in [4.69, 9.17) is 4.74 Å². The summed E-state index contributed by atoms with van der Waals surface area (Å²) in [6.45, 7) is 3.04. The molecular weight excluding hydrogens is 373 g/mol. The molecule has 1 aliphatic heterocycles. The van der Waals surface area contributed by atoms with Crippen LogP contribution in [0.4, 0.5) is 0 Å². The number of halogens is 1.